The highest BCUT2D eigenvalue weighted by Crippen LogP contribution is 2.28. The normalized spacial score (nSPS) is 11.8. The van der Waals surface area contributed by atoms with Crippen LogP contribution in [0.1, 0.15) is 30.6 Å². The van der Waals surface area contributed by atoms with Crippen molar-refractivity contribution in [3.05, 3.63) is 18.0 Å². The minimum atomic E-state index is -1.07. The van der Waals surface area contributed by atoms with Gasteiger partial charge in [-0.05, 0) is 13.8 Å². The zero-order chi connectivity index (χ0) is 15.6. The maximum Gasteiger partial charge on any atom is 0.341 e. The molecule has 2 aromatic heterocycles. The Morgan fingerprint density at radius 3 is 2.76 bits per heavy atom. The number of hydrogen-bond donors (Lipinski definition) is 1. The van der Waals surface area contributed by atoms with Gasteiger partial charge in [-0.1, -0.05) is 0 Å². The van der Waals surface area contributed by atoms with Gasteiger partial charge in [0.15, 0.2) is 5.65 Å². The zero-order valence-electron chi connectivity index (χ0n) is 12.6. The summed E-state index contributed by atoms with van der Waals surface area (Å²) in [6.07, 6.45) is 3.49. The quantitative estimate of drug-likeness (QED) is 0.874. The summed E-state index contributed by atoms with van der Waals surface area (Å²) in [5.74, 6) is -0.776. The molecule has 1 N–H and O–H groups in total. The molecule has 7 nitrogen and oxygen atoms in total. The van der Waals surface area contributed by atoms with Crippen molar-refractivity contribution in [1.29, 1.82) is 0 Å². The number of nitrogens with zero attached hydrogens (tertiary/aromatic N) is 3. The van der Waals surface area contributed by atoms with E-state index in [2.05, 4.69) is 10.1 Å². The number of pyridine rings is 1. The van der Waals surface area contributed by atoms with Crippen molar-refractivity contribution in [1.82, 2.24) is 14.8 Å². The SMILES string of the molecule is COC(C)(C)CCOc1c(C(=O)O)cnc2c1cnn2C. The first-order chi connectivity index (χ1) is 9.85. The largest absolute Gasteiger partial charge is 0.492 e. The third kappa shape index (κ3) is 3.13. The van der Waals surface area contributed by atoms with E-state index in [0.29, 0.717) is 29.8 Å². The first-order valence-corrected chi connectivity index (χ1v) is 6.57. The summed E-state index contributed by atoms with van der Waals surface area (Å²) in [6, 6.07) is 0. The van der Waals surface area contributed by atoms with E-state index in [-0.39, 0.29) is 11.2 Å². The Hall–Kier alpha value is -2.15. The molecule has 0 aliphatic rings. The van der Waals surface area contributed by atoms with Gasteiger partial charge in [0.05, 0.1) is 23.8 Å². The van der Waals surface area contributed by atoms with Crippen LogP contribution >= 0.6 is 0 Å². The molecule has 2 heterocycles. The molecule has 0 aliphatic carbocycles. The molecule has 21 heavy (non-hydrogen) atoms. The Morgan fingerprint density at radius 2 is 2.14 bits per heavy atom. The lowest BCUT2D eigenvalue weighted by atomic mass is 10.1. The number of carboxylic acid groups (broad SMARTS) is 1. The first-order valence-electron chi connectivity index (χ1n) is 6.57. The van der Waals surface area contributed by atoms with Gasteiger partial charge < -0.3 is 14.6 Å². The number of fused-ring (bicyclic) bond motifs is 1. The average molecular weight is 293 g/mol. The summed E-state index contributed by atoms with van der Waals surface area (Å²) in [6.45, 7) is 4.23. The monoisotopic (exact) mass is 293 g/mol. The highest BCUT2D eigenvalue weighted by atomic mass is 16.5. The fourth-order valence-electron chi connectivity index (χ4n) is 1.88. The molecular formula is C14H19N3O4. The van der Waals surface area contributed by atoms with E-state index in [9.17, 15) is 9.90 Å². The maximum atomic E-state index is 11.3. The van der Waals surface area contributed by atoms with E-state index < -0.39 is 5.97 Å². The Morgan fingerprint density at radius 1 is 1.43 bits per heavy atom. The predicted molar refractivity (Wildman–Crippen MR) is 76.7 cm³/mol. The second-order valence-electron chi connectivity index (χ2n) is 5.37. The number of methoxy groups -OCH3 is 1. The van der Waals surface area contributed by atoms with E-state index in [1.165, 1.54) is 6.20 Å². The van der Waals surface area contributed by atoms with Gasteiger partial charge in [0.2, 0.25) is 0 Å². The van der Waals surface area contributed by atoms with Crippen LogP contribution < -0.4 is 4.74 Å². The molecule has 0 saturated heterocycles. The van der Waals surface area contributed by atoms with Crippen LogP contribution in [0.5, 0.6) is 5.75 Å². The molecule has 0 spiro atoms. The molecule has 7 heteroatoms. The van der Waals surface area contributed by atoms with Crippen LogP contribution in [0.15, 0.2) is 12.4 Å². The van der Waals surface area contributed by atoms with Crippen molar-refractivity contribution in [3.8, 4) is 5.75 Å². The van der Waals surface area contributed by atoms with Gasteiger partial charge in [-0.15, -0.1) is 0 Å². The van der Waals surface area contributed by atoms with E-state index in [1.54, 1.807) is 25.0 Å². The van der Waals surface area contributed by atoms with Gasteiger partial charge in [-0.3, -0.25) is 4.68 Å². The average Bonchev–Trinajstić information content (AvgIpc) is 2.80. The summed E-state index contributed by atoms with van der Waals surface area (Å²) in [4.78, 5) is 15.4. The Labute approximate surface area is 122 Å². The van der Waals surface area contributed by atoms with Gasteiger partial charge in [0.25, 0.3) is 0 Å². The van der Waals surface area contributed by atoms with Crippen molar-refractivity contribution in [2.75, 3.05) is 13.7 Å². The minimum absolute atomic E-state index is 0.0331. The molecule has 0 unspecified atom stereocenters. The number of aromatic nitrogens is 3. The highest BCUT2D eigenvalue weighted by molar-refractivity contribution is 5.97. The van der Waals surface area contributed by atoms with Crippen molar-refractivity contribution in [2.24, 2.45) is 7.05 Å². The first kappa shape index (κ1) is 15.2. The Bertz CT molecular complexity index is 664. The lowest BCUT2D eigenvalue weighted by molar-refractivity contribution is 0.00550. The second-order valence-corrected chi connectivity index (χ2v) is 5.37. The van der Waals surface area contributed by atoms with Crippen molar-refractivity contribution in [2.45, 2.75) is 25.9 Å². The molecule has 2 rings (SSSR count). The molecule has 0 atom stereocenters. The third-order valence-corrected chi connectivity index (χ3v) is 3.45. The number of rotatable bonds is 6. The molecule has 0 aliphatic heterocycles. The fraction of sp³-hybridized carbons (Fsp3) is 0.500. The molecule has 114 valence electrons. The van der Waals surface area contributed by atoms with E-state index in [1.807, 2.05) is 13.8 Å². The second kappa shape index (κ2) is 5.69. The van der Waals surface area contributed by atoms with Crippen LogP contribution in [0.3, 0.4) is 0 Å². The van der Waals surface area contributed by atoms with Gasteiger partial charge in [-0.2, -0.15) is 5.10 Å². The van der Waals surface area contributed by atoms with Crippen LogP contribution in [0.25, 0.3) is 11.0 Å². The van der Waals surface area contributed by atoms with Crippen LogP contribution in [0.4, 0.5) is 0 Å². The zero-order valence-corrected chi connectivity index (χ0v) is 12.6. The standard InChI is InChI=1S/C14H19N3O4/c1-14(2,20-4)5-6-21-11-9-8-16-17(3)12(9)15-7-10(11)13(18)19/h7-8H,5-6H2,1-4H3,(H,18,19). The van der Waals surface area contributed by atoms with Crippen LogP contribution in [0, 0.1) is 0 Å². The van der Waals surface area contributed by atoms with Crippen molar-refractivity contribution < 1.29 is 19.4 Å². The Kier molecular flexibility index (Phi) is 4.13. The molecule has 0 aromatic carbocycles. The summed E-state index contributed by atoms with van der Waals surface area (Å²) < 4.78 is 12.6. The van der Waals surface area contributed by atoms with Gasteiger partial charge >= 0.3 is 5.97 Å². The predicted octanol–water partition coefficient (Wildman–Crippen LogP) is 1.86. The van der Waals surface area contributed by atoms with E-state index in [0.717, 1.165) is 0 Å². The van der Waals surface area contributed by atoms with Crippen LogP contribution in [-0.4, -0.2) is 45.2 Å². The molecule has 0 amide bonds. The number of aromatic carboxylic acids is 1. The molecule has 0 saturated carbocycles. The summed E-state index contributed by atoms with van der Waals surface area (Å²) in [5.41, 5.74) is 0.288. The van der Waals surface area contributed by atoms with Gasteiger partial charge in [0, 0.05) is 26.8 Å². The lowest BCUT2D eigenvalue weighted by Gasteiger charge is -2.22. The van der Waals surface area contributed by atoms with Crippen LogP contribution in [0.2, 0.25) is 0 Å². The Balaban J connectivity index is 2.32. The van der Waals surface area contributed by atoms with Gasteiger partial charge in [0.1, 0.15) is 11.3 Å². The topological polar surface area (TPSA) is 86.5 Å². The minimum Gasteiger partial charge on any atom is -0.492 e. The highest BCUT2D eigenvalue weighted by Gasteiger charge is 2.20. The molecule has 0 fully saturated rings. The number of hydrogen-bond acceptors (Lipinski definition) is 5. The third-order valence-electron chi connectivity index (χ3n) is 3.45. The van der Waals surface area contributed by atoms with Gasteiger partial charge in [-0.25, -0.2) is 9.78 Å². The summed E-state index contributed by atoms with van der Waals surface area (Å²) >= 11 is 0. The van der Waals surface area contributed by atoms with Crippen LogP contribution in [-0.2, 0) is 11.8 Å². The molecule has 0 bridgehead atoms. The lowest BCUT2D eigenvalue weighted by Crippen LogP contribution is -2.25. The molecular weight excluding hydrogens is 274 g/mol. The molecule has 2 aromatic rings. The fourth-order valence-corrected chi connectivity index (χ4v) is 1.88. The number of carbonyl (C=O) groups is 1. The van der Waals surface area contributed by atoms with Crippen molar-refractivity contribution in [3.63, 3.8) is 0 Å². The number of aryl methyl sites for hydroxylation is 1. The summed E-state index contributed by atoms with van der Waals surface area (Å²) in [7, 11) is 3.38. The number of carboxylic acids is 1. The summed E-state index contributed by atoms with van der Waals surface area (Å²) in [5, 5.41) is 13.9. The van der Waals surface area contributed by atoms with E-state index in [4.69, 9.17) is 9.47 Å². The smallest absolute Gasteiger partial charge is 0.341 e. The maximum absolute atomic E-state index is 11.3. The van der Waals surface area contributed by atoms with E-state index >= 15 is 0 Å². The number of ether oxygens (including phenoxy) is 2. The molecule has 0 radical (unpaired) electrons. The van der Waals surface area contributed by atoms with Crippen molar-refractivity contribution >= 4 is 17.0 Å².